The lowest BCUT2D eigenvalue weighted by Gasteiger charge is -2.12. The van der Waals surface area contributed by atoms with Crippen molar-refractivity contribution in [3.05, 3.63) is 35.2 Å². The fraction of sp³-hybridized carbons (Fsp3) is 0.250. The minimum atomic E-state index is -0.0401. The first kappa shape index (κ1) is 12.6. The largest absolute Gasteiger partial charge is 0.313 e. The molecular formula is C12H13ClN4O. The van der Waals surface area contributed by atoms with Gasteiger partial charge in [-0.15, -0.1) is 0 Å². The van der Waals surface area contributed by atoms with Crippen molar-refractivity contribution in [1.82, 2.24) is 14.8 Å². The van der Waals surface area contributed by atoms with Crippen molar-refractivity contribution in [3.63, 3.8) is 0 Å². The molecule has 94 valence electrons. The third kappa shape index (κ3) is 2.36. The van der Waals surface area contributed by atoms with Gasteiger partial charge in [0.2, 0.25) is 5.91 Å². The molecule has 0 spiro atoms. The fourth-order valence-corrected chi connectivity index (χ4v) is 1.68. The first-order chi connectivity index (χ1) is 8.49. The van der Waals surface area contributed by atoms with Crippen LogP contribution in [0.3, 0.4) is 0 Å². The van der Waals surface area contributed by atoms with Crippen LogP contribution in [0.2, 0.25) is 5.02 Å². The predicted octanol–water partition coefficient (Wildman–Crippen LogP) is 2.21. The van der Waals surface area contributed by atoms with Crippen molar-refractivity contribution in [2.75, 3.05) is 11.9 Å². The average Bonchev–Trinajstić information content (AvgIpc) is 2.71. The van der Waals surface area contributed by atoms with Crippen molar-refractivity contribution in [2.45, 2.75) is 13.8 Å². The zero-order chi connectivity index (χ0) is 13.3. The van der Waals surface area contributed by atoms with Gasteiger partial charge in [0.05, 0.1) is 22.6 Å². The van der Waals surface area contributed by atoms with Crippen LogP contribution in [0, 0.1) is 6.92 Å². The lowest BCUT2D eigenvalue weighted by atomic mass is 10.3. The van der Waals surface area contributed by atoms with E-state index in [0.29, 0.717) is 10.8 Å². The fourth-order valence-electron chi connectivity index (χ4n) is 1.57. The van der Waals surface area contributed by atoms with Crippen LogP contribution in [0.4, 0.5) is 5.69 Å². The summed E-state index contributed by atoms with van der Waals surface area (Å²) in [4.78, 5) is 17.1. The van der Waals surface area contributed by atoms with Gasteiger partial charge in [-0.3, -0.25) is 4.79 Å². The van der Waals surface area contributed by atoms with E-state index in [1.807, 2.05) is 6.92 Å². The third-order valence-corrected chi connectivity index (χ3v) is 2.88. The van der Waals surface area contributed by atoms with Gasteiger partial charge in [0.1, 0.15) is 0 Å². The van der Waals surface area contributed by atoms with Gasteiger partial charge >= 0.3 is 0 Å². The predicted molar refractivity (Wildman–Crippen MR) is 70.2 cm³/mol. The Balaban J connectivity index is 2.40. The Morgan fingerprint density at radius 1 is 1.44 bits per heavy atom. The molecule has 2 aromatic rings. The van der Waals surface area contributed by atoms with E-state index in [4.69, 9.17) is 11.6 Å². The number of rotatable bonds is 2. The highest BCUT2D eigenvalue weighted by molar-refractivity contribution is 6.30. The molecule has 0 unspecified atom stereocenters. The Hall–Kier alpha value is -1.88. The molecule has 0 N–H and O–H groups in total. The molecule has 0 saturated carbocycles. The van der Waals surface area contributed by atoms with Crippen molar-refractivity contribution in [2.24, 2.45) is 0 Å². The van der Waals surface area contributed by atoms with Crippen LogP contribution in [0.15, 0.2) is 24.5 Å². The number of carbonyl (C=O) groups excluding carboxylic acids is 1. The normalized spacial score (nSPS) is 10.4. The van der Waals surface area contributed by atoms with Gasteiger partial charge in [-0.05, 0) is 19.1 Å². The molecule has 1 amide bonds. The molecule has 2 aromatic heterocycles. The number of halogens is 1. The van der Waals surface area contributed by atoms with Gasteiger partial charge < -0.3 is 4.90 Å². The van der Waals surface area contributed by atoms with Crippen LogP contribution in [-0.4, -0.2) is 27.7 Å². The first-order valence-corrected chi connectivity index (χ1v) is 5.79. The zero-order valence-electron chi connectivity index (χ0n) is 10.4. The second-order valence-corrected chi connectivity index (χ2v) is 4.39. The Morgan fingerprint density at radius 3 is 2.72 bits per heavy atom. The van der Waals surface area contributed by atoms with E-state index in [1.54, 1.807) is 41.2 Å². The summed E-state index contributed by atoms with van der Waals surface area (Å²) in [6.07, 6.45) is 3.33. The van der Waals surface area contributed by atoms with Crippen molar-refractivity contribution in [1.29, 1.82) is 0 Å². The van der Waals surface area contributed by atoms with Gasteiger partial charge in [0.15, 0.2) is 5.82 Å². The van der Waals surface area contributed by atoms with E-state index in [9.17, 15) is 4.79 Å². The smallest absolute Gasteiger partial charge is 0.223 e. The SMILES string of the molecule is CC(=O)N(C)c1cn(-c2ccc(Cl)cn2)nc1C. The van der Waals surface area contributed by atoms with Crippen molar-refractivity contribution in [3.8, 4) is 5.82 Å². The van der Waals surface area contributed by atoms with Crippen LogP contribution in [0.25, 0.3) is 5.82 Å². The molecule has 0 atom stereocenters. The van der Waals surface area contributed by atoms with E-state index in [-0.39, 0.29) is 5.91 Å². The summed E-state index contributed by atoms with van der Waals surface area (Å²) in [7, 11) is 1.71. The Morgan fingerprint density at radius 2 is 2.17 bits per heavy atom. The maximum Gasteiger partial charge on any atom is 0.223 e. The zero-order valence-corrected chi connectivity index (χ0v) is 11.1. The van der Waals surface area contributed by atoms with Crippen LogP contribution in [-0.2, 0) is 4.79 Å². The monoisotopic (exact) mass is 264 g/mol. The number of pyridine rings is 1. The van der Waals surface area contributed by atoms with E-state index in [2.05, 4.69) is 10.1 Å². The maximum absolute atomic E-state index is 11.3. The molecule has 0 bridgehead atoms. The van der Waals surface area contributed by atoms with E-state index < -0.39 is 0 Å². The van der Waals surface area contributed by atoms with E-state index in [0.717, 1.165) is 11.4 Å². The summed E-state index contributed by atoms with van der Waals surface area (Å²) in [5.41, 5.74) is 1.53. The number of carbonyl (C=O) groups is 1. The number of aryl methyl sites for hydroxylation is 1. The van der Waals surface area contributed by atoms with Crippen molar-refractivity contribution < 1.29 is 4.79 Å². The van der Waals surface area contributed by atoms with Gasteiger partial charge in [-0.2, -0.15) is 5.10 Å². The molecule has 0 aliphatic carbocycles. The molecule has 0 radical (unpaired) electrons. The molecule has 0 aliphatic heterocycles. The van der Waals surface area contributed by atoms with Gasteiger partial charge in [0, 0.05) is 20.2 Å². The minimum absolute atomic E-state index is 0.0401. The number of hydrogen-bond acceptors (Lipinski definition) is 3. The number of nitrogens with zero attached hydrogens (tertiary/aromatic N) is 4. The molecule has 0 fully saturated rings. The highest BCUT2D eigenvalue weighted by Crippen LogP contribution is 2.19. The number of aromatic nitrogens is 3. The van der Waals surface area contributed by atoms with Gasteiger partial charge in [0.25, 0.3) is 0 Å². The average molecular weight is 265 g/mol. The number of hydrogen-bond donors (Lipinski definition) is 0. The molecule has 5 nitrogen and oxygen atoms in total. The third-order valence-electron chi connectivity index (χ3n) is 2.65. The van der Waals surface area contributed by atoms with Gasteiger partial charge in [-0.1, -0.05) is 11.6 Å². The molecule has 2 rings (SSSR count). The Bertz CT molecular complexity index is 576. The lowest BCUT2D eigenvalue weighted by Crippen LogP contribution is -2.22. The lowest BCUT2D eigenvalue weighted by molar-refractivity contribution is -0.116. The Kier molecular flexibility index (Phi) is 3.34. The Labute approximate surface area is 110 Å². The molecule has 0 saturated heterocycles. The summed E-state index contributed by atoms with van der Waals surface area (Å²) in [6.45, 7) is 3.36. The first-order valence-electron chi connectivity index (χ1n) is 5.41. The maximum atomic E-state index is 11.3. The second kappa shape index (κ2) is 4.78. The van der Waals surface area contributed by atoms with Crippen LogP contribution in [0.1, 0.15) is 12.6 Å². The molecule has 6 heteroatoms. The highest BCUT2D eigenvalue weighted by Gasteiger charge is 2.13. The van der Waals surface area contributed by atoms with E-state index >= 15 is 0 Å². The molecular weight excluding hydrogens is 252 g/mol. The number of anilines is 1. The van der Waals surface area contributed by atoms with Crippen molar-refractivity contribution >= 4 is 23.2 Å². The topological polar surface area (TPSA) is 51.0 Å². The number of amides is 1. The summed E-state index contributed by atoms with van der Waals surface area (Å²) < 4.78 is 1.63. The molecule has 0 aromatic carbocycles. The summed E-state index contributed by atoms with van der Waals surface area (Å²) in [5, 5.41) is 4.90. The highest BCUT2D eigenvalue weighted by atomic mass is 35.5. The molecule has 18 heavy (non-hydrogen) atoms. The second-order valence-electron chi connectivity index (χ2n) is 3.96. The van der Waals surface area contributed by atoms with E-state index in [1.165, 1.54) is 6.92 Å². The minimum Gasteiger partial charge on any atom is -0.313 e. The summed E-state index contributed by atoms with van der Waals surface area (Å²) in [5.74, 6) is 0.618. The van der Waals surface area contributed by atoms with Crippen LogP contribution < -0.4 is 4.90 Å². The molecule has 0 aliphatic rings. The van der Waals surface area contributed by atoms with Gasteiger partial charge in [-0.25, -0.2) is 9.67 Å². The quantitative estimate of drug-likeness (QED) is 0.836. The molecule has 2 heterocycles. The summed E-state index contributed by atoms with van der Waals surface area (Å²) in [6, 6.07) is 3.52. The standard InChI is InChI=1S/C12H13ClN4O/c1-8-11(16(3)9(2)18)7-17(15-8)12-5-4-10(13)6-14-12/h4-7H,1-3H3. The summed E-state index contributed by atoms with van der Waals surface area (Å²) >= 11 is 5.78. The van der Waals surface area contributed by atoms with Crippen LogP contribution >= 0.6 is 11.6 Å². The van der Waals surface area contributed by atoms with Crippen LogP contribution in [0.5, 0.6) is 0 Å².